The van der Waals surface area contributed by atoms with Gasteiger partial charge in [-0.15, -0.1) is 0 Å². The molecule has 0 bridgehead atoms. The molecule has 0 radical (unpaired) electrons. The molecule has 0 saturated carbocycles. The molecule has 1 rings (SSSR count). The first-order valence-electron chi connectivity index (χ1n) is 5.12. The van der Waals surface area contributed by atoms with Gasteiger partial charge in [0.15, 0.2) is 0 Å². The van der Waals surface area contributed by atoms with Gasteiger partial charge in [0.1, 0.15) is 4.90 Å². The van der Waals surface area contributed by atoms with Crippen molar-refractivity contribution in [3.05, 3.63) is 22.7 Å². The van der Waals surface area contributed by atoms with Gasteiger partial charge in [0.2, 0.25) is 15.9 Å². The predicted octanol–water partition coefficient (Wildman–Crippen LogP) is 0.435. The molecule has 1 aromatic rings. The summed E-state index contributed by atoms with van der Waals surface area (Å²) in [5.41, 5.74) is 4.98. The SMILES string of the molecule is CCC(=O)Nc1cc(Cl)c(S(N)(=O)=O)cc1C(N)=O. The Labute approximate surface area is 115 Å². The highest BCUT2D eigenvalue weighted by molar-refractivity contribution is 7.89. The lowest BCUT2D eigenvalue weighted by Gasteiger charge is -2.11. The maximum absolute atomic E-state index is 11.3. The Hall–Kier alpha value is -1.64. The number of primary sulfonamides is 1. The van der Waals surface area contributed by atoms with E-state index >= 15 is 0 Å². The summed E-state index contributed by atoms with van der Waals surface area (Å²) in [4.78, 5) is 22.1. The zero-order chi connectivity index (χ0) is 14.8. The largest absolute Gasteiger partial charge is 0.366 e. The van der Waals surface area contributed by atoms with E-state index in [0.29, 0.717) is 0 Å². The van der Waals surface area contributed by atoms with Crippen LogP contribution in [0.1, 0.15) is 23.7 Å². The molecule has 0 atom stereocenters. The smallest absolute Gasteiger partial charge is 0.250 e. The number of nitrogens with one attached hydrogen (secondary N) is 1. The van der Waals surface area contributed by atoms with E-state index in [0.717, 1.165) is 12.1 Å². The number of hydrogen-bond acceptors (Lipinski definition) is 4. The van der Waals surface area contributed by atoms with E-state index in [1.807, 2.05) is 0 Å². The zero-order valence-electron chi connectivity index (χ0n) is 9.94. The lowest BCUT2D eigenvalue weighted by atomic mass is 10.1. The zero-order valence-corrected chi connectivity index (χ0v) is 11.5. The van der Waals surface area contributed by atoms with Crippen LogP contribution in [0.3, 0.4) is 0 Å². The highest BCUT2D eigenvalue weighted by Gasteiger charge is 2.20. The van der Waals surface area contributed by atoms with Crippen molar-refractivity contribution < 1.29 is 18.0 Å². The Morgan fingerprint density at radius 2 is 1.95 bits per heavy atom. The Morgan fingerprint density at radius 1 is 1.37 bits per heavy atom. The fraction of sp³-hybridized carbons (Fsp3) is 0.200. The van der Waals surface area contributed by atoms with Gasteiger partial charge in [-0.1, -0.05) is 18.5 Å². The lowest BCUT2D eigenvalue weighted by molar-refractivity contribution is -0.115. The third-order valence-corrected chi connectivity index (χ3v) is 3.61. The number of halogens is 1. The molecule has 0 aliphatic rings. The Kier molecular flexibility index (Phi) is 4.51. The first kappa shape index (κ1) is 15.4. The van der Waals surface area contributed by atoms with Gasteiger partial charge in [-0.25, -0.2) is 13.6 Å². The molecule has 2 amide bonds. The third kappa shape index (κ3) is 3.66. The van der Waals surface area contributed by atoms with Crippen LogP contribution in [0.4, 0.5) is 5.69 Å². The molecule has 0 fully saturated rings. The monoisotopic (exact) mass is 305 g/mol. The Morgan fingerprint density at radius 3 is 2.37 bits per heavy atom. The fourth-order valence-electron chi connectivity index (χ4n) is 1.32. The van der Waals surface area contributed by atoms with E-state index in [1.165, 1.54) is 0 Å². The molecule has 5 N–H and O–H groups in total. The molecule has 0 heterocycles. The molecule has 0 unspecified atom stereocenters. The molecule has 0 aromatic heterocycles. The molecular formula is C10H12ClN3O4S. The second-order valence-electron chi connectivity index (χ2n) is 3.64. The number of hydrogen-bond donors (Lipinski definition) is 3. The van der Waals surface area contributed by atoms with Crippen LogP contribution in [-0.4, -0.2) is 20.2 Å². The summed E-state index contributed by atoms with van der Waals surface area (Å²) in [6.45, 7) is 1.61. The number of carbonyl (C=O) groups is 2. The maximum Gasteiger partial charge on any atom is 0.250 e. The highest BCUT2D eigenvalue weighted by atomic mass is 35.5. The van der Waals surface area contributed by atoms with Gasteiger partial charge in [0.25, 0.3) is 5.91 Å². The number of anilines is 1. The van der Waals surface area contributed by atoms with E-state index < -0.39 is 20.8 Å². The minimum atomic E-state index is -4.09. The second kappa shape index (κ2) is 5.55. The highest BCUT2D eigenvalue weighted by Crippen LogP contribution is 2.28. The van der Waals surface area contributed by atoms with Crippen LogP contribution in [0.25, 0.3) is 0 Å². The van der Waals surface area contributed by atoms with Crippen molar-refractivity contribution in [2.75, 3.05) is 5.32 Å². The van der Waals surface area contributed by atoms with Crippen molar-refractivity contribution in [3.8, 4) is 0 Å². The minimum absolute atomic E-state index is 0.0387. The first-order chi connectivity index (χ1) is 8.66. The Bertz CT molecular complexity index is 642. The van der Waals surface area contributed by atoms with Crippen LogP contribution in [0.5, 0.6) is 0 Å². The summed E-state index contributed by atoms with van der Waals surface area (Å²) in [5, 5.41) is 7.14. The Balaban J connectivity index is 3.46. The van der Waals surface area contributed by atoms with Gasteiger partial charge in [-0.2, -0.15) is 0 Å². The van der Waals surface area contributed by atoms with Gasteiger partial charge in [-0.3, -0.25) is 9.59 Å². The van der Waals surface area contributed by atoms with Crippen molar-refractivity contribution in [2.24, 2.45) is 10.9 Å². The molecule has 1 aromatic carbocycles. The van der Waals surface area contributed by atoms with Crippen LogP contribution in [0, 0.1) is 0 Å². The minimum Gasteiger partial charge on any atom is -0.366 e. The first-order valence-corrected chi connectivity index (χ1v) is 7.05. The summed E-state index contributed by atoms with van der Waals surface area (Å²) in [6.07, 6.45) is 0.173. The average molecular weight is 306 g/mol. The molecule has 0 spiro atoms. The van der Waals surface area contributed by atoms with Crippen molar-refractivity contribution in [1.29, 1.82) is 0 Å². The maximum atomic E-state index is 11.3. The summed E-state index contributed by atoms with van der Waals surface area (Å²) >= 11 is 5.75. The summed E-state index contributed by atoms with van der Waals surface area (Å²) in [5.74, 6) is -1.28. The lowest BCUT2D eigenvalue weighted by Crippen LogP contribution is -2.20. The molecule has 104 valence electrons. The summed E-state index contributed by atoms with van der Waals surface area (Å²) in [7, 11) is -4.09. The van der Waals surface area contributed by atoms with Gasteiger partial charge in [0.05, 0.1) is 16.3 Å². The number of primary amides is 1. The van der Waals surface area contributed by atoms with Gasteiger partial charge < -0.3 is 11.1 Å². The molecule has 9 heteroatoms. The number of sulfonamides is 1. The molecular weight excluding hydrogens is 294 g/mol. The van der Waals surface area contributed by atoms with E-state index in [1.54, 1.807) is 6.92 Å². The van der Waals surface area contributed by atoms with Crippen molar-refractivity contribution in [1.82, 2.24) is 0 Å². The quantitative estimate of drug-likeness (QED) is 0.744. The third-order valence-electron chi connectivity index (χ3n) is 2.24. The molecule has 0 saturated heterocycles. The normalized spacial score (nSPS) is 11.1. The van der Waals surface area contributed by atoms with E-state index in [4.69, 9.17) is 22.5 Å². The number of nitrogens with two attached hydrogens (primary N) is 2. The van der Waals surface area contributed by atoms with Crippen LogP contribution < -0.4 is 16.2 Å². The second-order valence-corrected chi connectivity index (χ2v) is 5.58. The van der Waals surface area contributed by atoms with Gasteiger partial charge in [-0.05, 0) is 12.1 Å². The molecule has 0 aliphatic carbocycles. The standard InChI is InChI=1S/C10H12ClN3O4S/c1-2-9(15)14-7-4-6(11)8(19(13,17)18)3-5(7)10(12)16/h3-4H,2H2,1H3,(H2,12,16)(H,14,15)(H2,13,17,18). The molecule has 0 aliphatic heterocycles. The molecule has 19 heavy (non-hydrogen) atoms. The van der Waals surface area contributed by atoms with Gasteiger partial charge in [0, 0.05) is 6.42 Å². The number of carbonyl (C=O) groups excluding carboxylic acids is 2. The van der Waals surface area contributed by atoms with Crippen molar-refractivity contribution in [3.63, 3.8) is 0 Å². The number of amides is 2. The van der Waals surface area contributed by atoms with Crippen LogP contribution in [0.2, 0.25) is 5.02 Å². The van der Waals surface area contributed by atoms with Crippen molar-refractivity contribution >= 4 is 39.1 Å². The topological polar surface area (TPSA) is 132 Å². The van der Waals surface area contributed by atoms with E-state index in [9.17, 15) is 18.0 Å². The van der Waals surface area contributed by atoms with E-state index in [-0.39, 0.29) is 28.6 Å². The average Bonchev–Trinajstić information content (AvgIpc) is 2.26. The number of benzene rings is 1. The van der Waals surface area contributed by atoms with Crippen molar-refractivity contribution in [2.45, 2.75) is 18.2 Å². The molecule has 7 nitrogen and oxygen atoms in total. The summed E-state index contributed by atoms with van der Waals surface area (Å²) < 4.78 is 22.5. The van der Waals surface area contributed by atoms with Crippen LogP contribution in [-0.2, 0) is 14.8 Å². The van der Waals surface area contributed by atoms with E-state index in [2.05, 4.69) is 5.32 Å². The van der Waals surface area contributed by atoms with Crippen LogP contribution in [0.15, 0.2) is 17.0 Å². The number of rotatable bonds is 4. The fourth-order valence-corrected chi connectivity index (χ4v) is 2.42. The summed E-state index contributed by atoms with van der Waals surface area (Å²) in [6, 6.07) is 2.06. The van der Waals surface area contributed by atoms with Crippen LogP contribution >= 0.6 is 11.6 Å². The van der Waals surface area contributed by atoms with Gasteiger partial charge >= 0.3 is 0 Å². The predicted molar refractivity (Wildman–Crippen MR) is 70.3 cm³/mol.